The molecule has 0 amide bonds. The Morgan fingerprint density at radius 2 is 1.57 bits per heavy atom. The van der Waals surface area contributed by atoms with E-state index in [1.54, 1.807) is 32.1 Å². The molecule has 4 saturated carbocycles. The molecular weight excluding hydrogens is 360 g/mol. The van der Waals surface area contributed by atoms with Crippen LogP contribution in [0.15, 0.2) is 0 Å². The van der Waals surface area contributed by atoms with E-state index in [0.29, 0.717) is 10.8 Å². The number of hydrogen-bond acceptors (Lipinski definition) is 0. The van der Waals surface area contributed by atoms with Gasteiger partial charge in [-0.25, -0.2) is 0 Å². The fourth-order valence-corrected chi connectivity index (χ4v) is 10.1. The maximum atomic E-state index is 2.76. The molecule has 10 atom stereocenters. The minimum Gasteiger partial charge on any atom is -0.0651 e. The predicted octanol–water partition coefficient (Wildman–Crippen LogP) is 9.38. The summed E-state index contributed by atoms with van der Waals surface area (Å²) < 4.78 is 0. The molecule has 4 aliphatic rings. The molecule has 4 fully saturated rings. The molecule has 0 saturated heterocycles. The van der Waals surface area contributed by atoms with Gasteiger partial charge in [-0.05, 0) is 115 Å². The van der Waals surface area contributed by atoms with E-state index >= 15 is 0 Å². The summed E-state index contributed by atoms with van der Waals surface area (Å²) in [6.07, 6.45) is 18.2. The first-order valence-corrected chi connectivity index (χ1v) is 14.2. The molecule has 4 rings (SSSR count). The molecule has 0 heterocycles. The predicted molar refractivity (Wildman–Crippen MR) is 131 cm³/mol. The first kappa shape index (κ1) is 23.2. The summed E-state index contributed by atoms with van der Waals surface area (Å²) in [4.78, 5) is 0. The van der Waals surface area contributed by atoms with E-state index in [1.807, 2.05) is 0 Å². The van der Waals surface area contributed by atoms with Crippen LogP contribution in [0.4, 0.5) is 0 Å². The monoisotopic (exact) mass is 414 g/mol. The van der Waals surface area contributed by atoms with Gasteiger partial charge in [0.05, 0.1) is 0 Å². The summed E-state index contributed by atoms with van der Waals surface area (Å²) in [5, 5.41) is 0. The van der Waals surface area contributed by atoms with E-state index in [4.69, 9.17) is 0 Å². The second kappa shape index (κ2) is 8.74. The van der Waals surface area contributed by atoms with Crippen LogP contribution >= 0.6 is 0 Å². The van der Waals surface area contributed by atoms with Crippen molar-refractivity contribution in [1.82, 2.24) is 0 Å². The average Bonchev–Trinajstić information content (AvgIpc) is 3.03. The van der Waals surface area contributed by atoms with Gasteiger partial charge < -0.3 is 0 Å². The van der Waals surface area contributed by atoms with Crippen LogP contribution in [-0.2, 0) is 0 Å². The molecular formula is C30H54. The van der Waals surface area contributed by atoms with Crippen LogP contribution in [0.2, 0.25) is 0 Å². The van der Waals surface area contributed by atoms with Crippen LogP contribution in [0.5, 0.6) is 0 Å². The van der Waals surface area contributed by atoms with Gasteiger partial charge in [0.25, 0.3) is 0 Å². The average molecular weight is 415 g/mol. The summed E-state index contributed by atoms with van der Waals surface area (Å²) in [6.45, 7) is 18.0. The molecule has 0 aliphatic heterocycles. The van der Waals surface area contributed by atoms with E-state index in [9.17, 15) is 0 Å². The zero-order valence-electron chi connectivity index (χ0n) is 21.7. The molecule has 4 aliphatic carbocycles. The fraction of sp³-hybridized carbons (Fsp3) is 1.00. The van der Waals surface area contributed by atoms with Crippen molar-refractivity contribution in [2.24, 2.45) is 64.1 Å². The van der Waals surface area contributed by atoms with E-state index < -0.39 is 0 Å². The van der Waals surface area contributed by atoms with Crippen molar-refractivity contribution in [2.75, 3.05) is 0 Å². The second-order valence-electron chi connectivity index (χ2n) is 13.7. The summed E-state index contributed by atoms with van der Waals surface area (Å²) in [7, 11) is 0. The van der Waals surface area contributed by atoms with Crippen LogP contribution in [0.3, 0.4) is 0 Å². The Labute approximate surface area is 189 Å². The van der Waals surface area contributed by atoms with Crippen LogP contribution in [0, 0.1) is 64.1 Å². The van der Waals surface area contributed by atoms with Crippen molar-refractivity contribution >= 4 is 0 Å². The standard InChI is InChI=1S/C30H54/c1-8-23(20(2)3)10-9-11-24-12-13-26-28-22(5)19-25-18-21(4)14-16-30(25,7)27(28)15-17-29(24,26)6/h20-28H,8-19H2,1-7H3/t21?,22?,23-,24+,25+,26?,27?,28+,29-,30+/m1/s1. The van der Waals surface area contributed by atoms with E-state index in [0.717, 1.165) is 53.3 Å². The molecule has 0 aromatic carbocycles. The van der Waals surface area contributed by atoms with Gasteiger partial charge in [0, 0.05) is 0 Å². The normalized spacial score (nSPS) is 49.4. The SMILES string of the molecule is CC[C@H](CCC[C@H]1CCC2[C@@H]3C(C)C[C@@H]4CC(C)CC[C@]4(C)C3CC[C@@]21C)C(C)C. The molecule has 0 heteroatoms. The Hall–Kier alpha value is 0. The van der Waals surface area contributed by atoms with Gasteiger partial charge in [0.1, 0.15) is 0 Å². The number of hydrogen-bond donors (Lipinski definition) is 0. The molecule has 0 nitrogen and oxygen atoms in total. The van der Waals surface area contributed by atoms with Crippen molar-refractivity contribution in [2.45, 2.75) is 126 Å². The highest BCUT2D eigenvalue weighted by Gasteiger charge is 2.61. The Morgan fingerprint density at radius 1 is 0.867 bits per heavy atom. The third-order valence-corrected chi connectivity index (χ3v) is 12.1. The largest absolute Gasteiger partial charge is 0.0651 e. The summed E-state index contributed by atoms with van der Waals surface area (Å²) in [5.41, 5.74) is 1.34. The van der Waals surface area contributed by atoms with E-state index in [-0.39, 0.29) is 0 Å². The third-order valence-electron chi connectivity index (χ3n) is 12.1. The van der Waals surface area contributed by atoms with Crippen LogP contribution in [-0.4, -0.2) is 0 Å². The lowest BCUT2D eigenvalue weighted by molar-refractivity contribution is -0.140. The van der Waals surface area contributed by atoms with Crippen molar-refractivity contribution in [3.63, 3.8) is 0 Å². The minimum atomic E-state index is 0.667. The van der Waals surface area contributed by atoms with Crippen molar-refractivity contribution < 1.29 is 0 Å². The highest BCUT2D eigenvalue weighted by Crippen LogP contribution is 2.69. The topological polar surface area (TPSA) is 0 Å². The van der Waals surface area contributed by atoms with Crippen molar-refractivity contribution in [3.05, 3.63) is 0 Å². The molecule has 0 bridgehead atoms. The van der Waals surface area contributed by atoms with Crippen LogP contribution in [0.25, 0.3) is 0 Å². The maximum absolute atomic E-state index is 2.76. The van der Waals surface area contributed by atoms with Gasteiger partial charge in [0.2, 0.25) is 0 Å². The highest BCUT2D eigenvalue weighted by molar-refractivity contribution is 5.10. The highest BCUT2D eigenvalue weighted by atomic mass is 14.7. The quantitative estimate of drug-likeness (QED) is 0.406. The number of rotatable bonds is 6. The fourth-order valence-electron chi connectivity index (χ4n) is 10.1. The second-order valence-corrected chi connectivity index (χ2v) is 13.7. The van der Waals surface area contributed by atoms with Gasteiger partial charge in [-0.3, -0.25) is 0 Å². The third kappa shape index (κ3) is 3.83. The minimum absolute atomic E-state index is 0.667. The van der Waals surface area contributed by atoms with Gasteiger partial charge >= 0.3 is 0 Å². The first-order chi connectivity index (χ1) is 14.2. The Balaban J connectivity index is 1.45. The van der Waals surface area contributed by atoms with Crippen molar-refractivity contribution in [1.29, 1.82) is 0 Å². The first-order valence-electron chi connectivity index (χ1n) is 14.2. The Bertz CT molecular complexity index is 577. The van der Waals surface area contributed by atoms with Gasteiger partial charge in [-0.15, -0.1) is 0 Å². The molecule has 4 unspecified atom stereocenters. The van der Waals surface area contributed by atoms with Gasteiger partial charge in [-0.2, -0.15) is 0 Å². The molecule has 0 spiro atoms. The van der Waals surface area contributed by atoms with E-state index in [2.05, 4.69) is 48.5 Å². The Kier molecular flexibility index (Phi) is 6.75. The smallest absolute Gasteiger partial charge is 0.0266 e. The Morgan fingerprint density at radius 3 is 2.27 bits per heavy atom. The van der Waals surface area contributed by atoms with Crippen LogP contribution in [0.1, 0.15) is 126 Å². The lowest BCUT2D eigenvalue weighted by Gasteiger charge is -2.63. The van der Waals surface area contributed by atoms with Gasteiger partial charge in [-0.1, -0.05) is 74.1 Å². The lowest BCUT2D eigenvalue weighted by atomic mass is 9.42. The summed E-state index contributed by atoms with van der Waals surface area (Å²) in [6, 6.07) is 0. The van der Waals surface area contributed by atoms with Crippen molar-refractivity contribution in [3.8, 4) is 0 Å². The molecule has 174 valence electrons. The lowest BCUT2D eigenvalue weighted by Crippen LogP contribution is -2.55. The molecule has 30 heavy (non-hydrogen) atoms. The summed E-state index contributed by atoms with van der Waals surface area (Å²) in [5.74, 6) is 8.96. The molecule has 0 N–H and O–H groups in total. The van der Waals surface area contributed by atoms with Crippen LogP contribution < -0.4 is 0 Å². The zero-order chi connectivity index (χ0) is 21.7. The van der Waals surface area contributed by atoms with E-state index in [1.165, 1.54) is 44.9 Å². The summed E-state index contributed by atoms with van der Waals surface area (Å²) >= 11 is 0. The maximum Gasteiger partial charge on any atom is -0.0266 e. The molecule has 0 aromatic rings. The molecule has 0 aromatic heterocycles. The number of fused-ring (bicyclic) bond motifs is 5. The molecule has 0 radical (unpaired) electrons. The van der Waals surface area contributed by atoms with Gasteiger partial charge in [0.15, 0.2) is 0 Å². The zero-order valence-corrected chi connectivity index (χ0v) is 21.7.